The molecule has 0 aromatic carbocycles. The van der Waals surface area contributed by atoms with E-state index in [1.165, 1.54) is 4.90 Å². The Morgan fingerprint density at radius 1 is 1.24 bits per heavy atom. The van der Waals surface area contributed by atoms with Crippen molar-refractivity contribution in [2.24, 2.45) is 0 Å². The monoisotopic (exact) mass is 243 g/mol. The lowest BCUT2D eigenvalue weighted by molar-refractivity contribution is 0.0652. The van der Waals surface area contributed by atoms with Crippen LogP contribution >= 0.6 is 0 Å². The molecule has 7 heteroatoms. The number of carbonyl (C=O) groups excluding carboxylic acids is 1. The molecule has 0 spiro atoms. The molecule has 1 aromatic rings. The summed E-state index contributed by atoms with van der Waals surface area (Å²) in [7, 11) is 0. The van der Waals surface area contributed by atoms with Crippen LogP contribution in [0.1, 0.15) is 20.9 Å². The van der Waals surface area contributed by atoms with Gasteiger partial charge in [0, 0.05) is 19.2 Å². The highest BCUT2D eigenvalue weighted by Crippen LogP contribution is 2.10. The number of hydrogen-bond donors (Lipinski definition) is 3. The molecule has 0 saturated carbocycles. The zero-order chi connectivity index (χ0) is 12.8. The van der Waals surface area contributed by atoms with Gasteiger partial charge < -0.3 is 24.6 Å². The van der Waals surface area contributed by atoms with Gasteiger partial charge in [0.15, 0.2) is 5.76 Å². The molecule has 0 fully saturated rings. The number of carboxylic acid groups (broad SMARTS) is 1. The summed E-state index contributed by atoms with van der Waals surface area (Å²) in [6.07, 6.45) is 0.964. The van der Waals surface area contributed by atoms with Crippen LogP contribution in [0.25, 0.3) is 0 Å². The summed E-state index contributed by atoms with van der Waals surface area (Å²) in [5.41, 5.74) is -0.124. The maximum Gasteiger partial charge on any atom is 0.338 e. The van der Waals surface area contributed by atoms with Gasteiger partial charge in [0.05, 0.1) is 18.8 Å². The summed E-state index contributed by atoms with van der Waals surface area (Å²) in [5, 5.41) is 26.2. The smallest absolute Gasteiger partial charge is 0.338 e. The van der Waals surface area contributed by atoms with Gasteiger partial charge in [-0.2, -0.15) is 0 Å². The molecule has 0 unspecified atom stereocenters. The molecule has 3 N–H and O–H groups in total. The zero-order valence-corrected chi connectivity index (χ0v) is 9.00. The van der Waals surface area contributed by atoms with E-state index in [1.807, 2.05) is 0 Å². The van der Waals surface area contributed by atoms with Crippen LogP contribution in [0.5, 0.6) is 0 Å². The van der Waals surface area contributed by atoms with E-state index < -0.39 is 11.9 Å². The SMILES string of the molecule is O=C(O)c1coc(C(=O)N(CCO)CCO)c1. The third-order valence-electron chi connectivity index (χ3n) is 2.08. The van der Waals surface area contributed by atoms with Crippen molar-refractivity contribution >= 4 is 11.9 Å². The molecule has 94 valence electrons. The van der Waals surface area contributed by atoms with Crippen molar-refractivity contribution in [2.75, 3.05) is 26.3 Å². The molecule has 1 rings (SSSR count). The van der Waals surface area contributed by atoms with Gasteiger partial charge in [0.1, 0.15) is 6.26 Å². The van der Waals surface area contributed by atoms with Crippen LogP contribution in [-0.4, -0.2) is 58.4 Å². The largest absolute Gasteiger partial charge is 0.478 e. The fourth-order valence-corrected chi connectivity index (χ4v) is 1.27. The molecule has 1 aromatic heterocycles. The maximum absolute atomic E-state index is 11.8. The Morgan fingerprint density at radius 3 is 2.24 bits per heavy atom. The molecule has 0 saturated heterocycles. The number of hydrogen-bond acceptors (Lipinski definition) is 5. The number of furan rings is 1. The molecule has 7 nitrogen and oxygen atoms in total. The van der Waals surface area contributed by atoms with E-state index >= 15 is 0 Å². The molecule has 1 heterocycles. The Morgan fingerprint density at radius 2 is 1.82 bits per heavy atom. The molecule has 0 aliphatic heterocycles. The highest BCUT2D eigenvalue weighted by molar-refractivity contribution is 5.95. The van der Waals surface area contributed by atoms with E-state index in [4.69, 9.17) is 19.7 Å². The van der Waals surface area contributed by atoms with Gasteiger partial charge >= 0.3 is 5.97 Å². The molecule has 17 heavy (non-hydrogen) atoms. The molecule has 0 atom stereocenters. The Bertz CT molecular complexity index is 393. The van der Waals surface area contributed by atoms with Crippen molar-refractivity contribution in [3.8, 4) is 0 Å². The van der Waals surface area contributed by atoms with E-state index in [9.17, 15) is 9.59 Å². The third kappa shape index (κ3) is 3.30. The first-order chi connectivity index (χ1) is 8.10. The lowest BCUT2D eigenvalue weighted by Gasteiger charge is -2.18. The van der Waals surface area contributed by atoms with Gasteiger partial charge in [0.2, 0.25) is 0 Å². The molecule has 0 aliphatic carbocycles. The lowest BCUT2D eigenvalue weighted by atomic mass is 10.3. The molecule has 1 amide bonds. The molecule has 0 radical (unpaired) electrons. The fraction of sp³-hybridized carbons (Fsp3) is 0.400. The predicted molar refractivity (Wildman–Crippen MR) is 55.7 cm³/mol. The van der Waals surface area contributed by atoms with Crippen LogP contribution in [0.15, 0.2) is 16.7 Å². The van der Waals surface area contributed by atoms with E-state index in [0.717, 1.165) is 12.3 Å². The van der Waals surface area contributed by atoms with Crippen molar-refractivity contribution in [1.29, 1.82) is 0 Å². The summed E-state index contributed by atoms with van der Waals surface area (Å²) in [6, 6.07) is 1.10. The minimum Gasteiger partial charge on any atom is -0.478 e. The van der Waals surface area contributed by atoms with Crippen LogP contribution in [0.3, 0.4) is 0 Å². The third-order valence-corrected chi connectivity index (χ3v) is 2.08. The van der Waals surface area contributed by atoms with E-state index in [2.05, 4.69) is 0 Å². The molecule has 0 bridgehead atoms. The first-order valence-corrected chi connectivity index (χ1v) is 4.93. The highest BCUT2D eigenvalue weighted by Gasteiger charge is 2.20. The summed E-state index contributed by atoms with van der Waals surface area (Å²) in [4.78, 5) is 23.5. The quantitative estimate of drug-likeness (QED) is 0.615. The van der Waals surface area contributed by atoms with E-state index in [-0.39, 0.29) is 37.6 Å². The van der Waals surface area contributed by atoms with Crippen molar-refractivity contribution in [3.63, 3.8) is 0 Å². The van der Waals surface area contributed by atoms with Crippen LogP contribution in [0.2, 0.25) is 0 Å². The second-order valence-corrected chi connectivity index (χ2v) is 3.24. The minimum absolute atomic E-state index is 0.0441. The number of carboxylic acids is 1. The topological polar surface area (TPSA) is 111 Å². The van der Waals surface area contributed by atoms with Crippen LogP contribution < -0.4 is 0 Å². The number of nitrogens with zero attached hydrogens (tertiary/aromatic N) is 1. The summed E-state index contributed by atoms with van der Waals surface area (Å²) >= 11 is 0. The Hall–Kier alpha value is -1.86. The first kappa shape index (κ1) is 13.2. The summed E-state index contributed by atoms with van der Waals surface area (Å²) < 4.78 is 4.83. The molecule has 0 aliphatic rings. The van der Waals surface area contributed by atoms with Crippen LogP contribution in [0.4, 0.5) is 0 Å². The van der Waals surface area contributed by atoms with Gasteiger partial charge in [-0.05, 0) is 0 Å². The van der Waals surface area contributed by atoms with Gasteiger partial charge in [-0.3, -0.25) is 4.79 Å². The first-order valence-electron chi connectivity index (χ1n) is 4.93. The fourth-order valence-electron chi connectivity index (χ4n) is 1.27. The summed E-state index contributed by atoms with van der Waals surface area (Å²) in [6.45, 7) is -0.415. The Kier molecular flexibility index (Phi) is 4.68. The lowest BCUT2D eigenvalue weighted by Crippen LogP contribution is -2.35. The number of aromatic carboxylic acids is 1. The average molecular weight is 243 g/mol. The average Bonchev–Trinajstić information content (AvgIpc) is 2.77. The second-order valence-electron chi connectivity index (χ2n) is 3.24. The van der Waals surface area contributed by atoms with E-state index in [0.29, 0.717) is 0 Å². The van der Waals surface area contributed by atoms with Crippen LogP contribution in [0, 0.1) is 0 Å². The van der Waals surface area contributed by atoms with Crippen molar-refractivity contribution in [2.45, 2.75) is 0 Å². The Labute approximate surface area is 96.9 Å². The number of rotatable bonds is 6. The molecular formula is C10H13NO6. The standard InChI is InChI=1S/C10H13NO6/c12-3-1-11(2-4-13)9(14)8-5-7(6-17-8)10(15)16/h5-6,12-13H,1-4H2,(H,15,16). The van der Waals surface area contributed by atoms with Crippen molar-refractivity contribution in [1.82, 2.24) is 4.90 Å². The summed E-state index contributed by atoms with van der Waals surface area (Å²) in [5.74, 6) is -1.89. The number of aliphatic hydroxyl groups is 2. The highest BCUT2D eigenvalue weighted by atomic mass is 16.4. The normalized spacial score (nSPS) is 10.2. The number of amides is 1. The number of aliphatic hydroxyl groups excluding tert-OH is 2. The number of carbonyl (C=O) groups is 2. The zero-order valence-electron chi connectivity index (χ0n) is 9.00. The van der Waals surface area contributed by atoms with Gasteiger partial charge in [-0.15, -0.1) is 0 Å². The van der Waals surface area contributed by atoms with Gasteiger partial charge in [-0.25, -0.2) is 4.79 Å². The predicted octanol–water partition coefficient (Wildman–Crippen LogP) is -0.595. The van der Waals surface area contributed by atoms with E-state index in [1.54, 1.807) is 0 Å². The van der Waals surface area contributed by atoms with Crippen LogP contribution in [-0.2, 0) is 0 Å². The molecular weight excluding hydrogens is 230 g/mol. The maximum atomic E-state index is 11.8. The second kappa shape index (κ2) is 6.02. The van der Waals surface area contributed by atoms with Crippen molar-refractivity contribution in [3.05, 3.63) is 23.7 Å². The van der Waals surface area contributed by atoms with Gasteiger partial charge in [-0.1, -0.05) is 0 Å². The Balaban J connectivity index is 2.81. The minimum atomic E-state index is -1.19. The van der Waals surface area contributed by atoms with Gasteiger partial charge in [0.25, 0.3) is 5.91 Å². The van der Waals surface area contributed by atoms with Crippen molar-refractivity contribution < 1.29 is 29.3 Å².